The third kappa shape index (κ3) is 60.9. The van der Waals surface area contributed by atoms with Crippen LogP contribution in [0.15, 0.2) is 48.6 Å². The van der Waals surface area contributed by atoms with Crippen LogP contribution < -0.4 is 5.32 Å². The number of aliphatic hydroxyl groups is 2. The van der Waals surface area contributed by atoms with Crippen LogP contribution in [-0.4, -0.2) is 47.4 Å². The predicted molar refractivity (Wildman–Crippen MR) is 329 cm³/mol. The number of rotatable bonds is 62. The molecule has 75 heavy (non-hydrogen) atoms. The van der Waals surface area contributed by atoms with Gasteiger partial charge in [-0.1, -0.05) is 300 Å². The molecule has 0 aliphatic rings. The third-order valence-corrected chi connectivity index (χ3v) is 15.3. The lowest BCUT2D eigenvalue weighted by Gasteiger charge is -2.20. The number of allylic oxidation sites excluding steroid dienone is 7. The molecule has 6 heteroatoms. The minimum absolute atomic E-state index is 0.00480. The largest absolute Gasteiger partial charge is 0.466 e. The normalized spacial score (nSPS) is 12.9. The molecule has 0 saturated carbocycles. The van der Waals surface area contributed by atoms with Gasteiger partial charge in [0.05, 0.1) is 25.4 Å². The van der Waals surface area contributed by atoms with E-state index in [0.717, 1.165) is 51.4 Å². The maximum atomic E-state index is 12.4. The Morgan fingerprint density at radius 1 is 0.373 bits per heavy atom. The second-order valence-electron chi connectivity index (χ2n) is 22.8. The summed E-state index contributed by atoms with van der Waals surface area (Å²) < 4.78 is 5.48. The van der Waals surface area contributed by atoms with Gasteiger partial charge in [-0.2, -0.15) is 0 Å². The molecular weight excluding hydrogens is 923 g/mol. The molecule has 0 aliphatic heterocycles. The standard InChI is InChI=1S/C69H129NO5/c1-3-5-7-9-11-13-15-17-35-39-43-47-51-55-59-63-69(74)75-64-60-56-52-48-44-40-37-34-32-30-28-26-24-22-20-18-19-21-23-25-27-29-31-33-36-38-42-46-50-54-58-62-68(73)70-66(65-71)67(72)61-57-53-49-45-41-16-14-12-10-8-6-4-2/h17,20,22,26,28,35,57,61,66-67,71-72H,3-16,18-19,21,23-25,27,29-34,36-56,58-60,62-65H2,1-2H3,(H,70,73)/b22-20-,28-26-,35-17-,61-57+. The Kier molecular flexibility index (Phi) is 62.5. The van der Waals surface area contributed by atoms with Crippen molar-refractivity contribution in [2.24, 2.45) is 0 Å². The number of hydrogen-bond acceptors (Lipinski definition) is 5. The molecule has 0 aromatic rings. The van der Waals surface area contributed by atoms with E-state index in [1.165, 1.54) is 276 Å². The Bertz CT molecular complexity index is 1260. The molecule has 0 fully saturated rings. The number of hydrogen-bond donors (Lipinski definition) is 3. The van der Waals surface area contributed by atoms with Crippen molar-refractivity contribution in [3.05, 3.63) is 48.6 Å². The van der Waals surface area contributed by atoms with Gasteiger partial charge in [0.1, 0.15) is 0 Å². The summed E-state index contributed by atoms with van der Waals surface area (Å²) in [6.07, 6.45) is 83.2. The highest BCUT2D eigenvalue weighted by Crippen LogP contribution is 2.17. The molecular formula is C69H129NO5. The maximum absolute atomic E-state index is 12.4. The zero-order valence-electron chi connectivity index (χ0n) is 50.3. The first kappa shape index (κ1) is 72.8. The highest BCUT2D eigenvalue weighted by atomic mass is 16.5. The highest BCUT2D eigenvalue weighted by Gasteiger charge is 2.18. The summed E-state index contributed by atoms with van der Waals surface area (Å²) in [5.74, 6) is -0.0627. The lowest BCUT2D eigenvalue weighted by Crippen LogP contribution is -2.45. The first-order valence-electron chi connectivity index (χ1n) is 33.4. The van der Waals surface area contributed by atoms with E-state index in [1.54, 1.807) is 6.08 Å². The van der Waals surface area contributed by atoms with Gasteiger partial charge >= 0.3 is 5.97 Å². The molecule has 0 rings (SSSR count). The van der Waals surface area contributed by atoms with Crippen LogP contribution in [0.1, 0.15) is 354 Å². The van der Waals surface area contributed by atoms with Crippen molar-refractivity contribution < 1.29 is 24.5 Å². The summed E-state index contributed by atoms with van der Waals surface area (Å²) in [7, 11) is 0. The topological polar surface area (TPSA) is 95.9 Å². The van der Waals surface area contributed by atoms with Crippen LogP contribution in [0, 0.1) is 0 Å². The van der Waals surface area contributed by atoms with Crippen LogP contribution in [0.3, 0.4) is 0 Å². The van der Waals surface area contributed by atoms with Gasteiger partial charge in [-0.3, -0.25) is 9.59 Å². The fourth-order valence-corrected chi connectivity index (χ4v) is 10.2. The van der Waals surface area contributed by atoms with Crippen LogP contribution in [-0.2, 0) is 14.3 Å². The second kappa shape index (κ2) is 64.3. The Hall–Kier alpha value is -2.18. The molecule has 0 bridgehead atoms. The van der Waals surface area contributed by atoms with E-state index in [0.29, 0.717) is 19.4 Å². The molecule has 0 saturated heterocycles. The van der Waals surface area contributed by atoms with Crippen LogP contribution in [0.5, 0.6) is 0 Å². The summed E-state index contributed by atoms with van der Waals surface area (Å²) in [4.78, 5) is 24.5. The zero-order valence-corrected chi connectivity index (χ0v) is 50.3. The Morgan fingerprint density at radius 3 is 1.03 bits per heavy atom. The number of aliphatic hydroxyl groups excluding tert-OH is 2. The van der Waals surface area contributed by atoms with Crippen molar-refractivity contribution >= 4 is 11.9 Å². The lowest BCUT2D eigenvalue weighted by atomic mass is 10.0. The number of amides is 1. The second-order valence-corrected chi connectivity index (χ2v) is 22.8. The van der Waals surface area contributed by atoms with Gasteiger partial charge < -0.3 is 20.3 Å². The van der Waals surface area contributed by atoms with Crippen molar-refractivity contribution in [1.82, 2.24) is 5.32 Å². The molecule has 0 heterocycles. The van der Waals surface area contributed by atoms with Gasteiger partial charge in [0.2, 0.25) is 5.91 Å². The number of carbonyl (C=O) groups excluding carboxylic acids is 2. The fraction of sp³-hybridized carbons (Fsp3) is 0.855. The smallest absolute Gasteiger partial charge is 0.305 e. The van der Waals surface area contributed by atoms with E-state index >= 15 is 0 Å². The number of unbranched alkanes of at least 4 members (excludes halogenated alkanes) is 45. The molecule has 3 N–H and O–H groups in total. The third-order valence-electron chi connectivity index (χ3n) is 15.3. The summed E-state index contributed by atoms with van der Waals surface area (Å²) in [6.45, 7) is 4.90. The summed E-state index contributed by atoms with van der Waals surface area (Å²) in [5, 5.41) is 23.1. The molecule has 1 amide bonds. The number of carbonyl (C=O) groups is 2. The SMILES string of the molecule is CCCCCCCC/C=C\CCCCCCCC(=O)OCCCCCCCCCCC/C=C\C/C=C\CCCCCCCCCCCCCCCCCC(=O)NC(CO)C(O)/C=C/CCCCCCCCCCCC. The molecule has 6 nitrogen and oxygen atoms in total. The van der Waals surface area contributed by atoms with Crippen LogP contribution in [0.2, 0.25) is 0 Å². The monoisotopic (exact) mass is 1050 g/mol. The van der Waals surface area contributed by atoms with Gasteiger partial charge in [-0.05, 0) is 89.9 Å². The minimum atomic E-state index is -0.843. The van der Waals surface area contributed by atoms with Crippen molar-refractivity contribution in [2.75, 3.05) is 13.2 Å². The van der Waals surface area contributed by atoms with Crippen molar-refractivity contribution in [3.8, 4) is 0 Å². The molecule has 0 aliphatic carbocycles. The van der Waals surface area contributed by atoms with E-state index in [2.05, 4.69) is 55.6 Å². The summed E-state index contributed by atoms with van der Waals surface area (Å²) >= 11 is 0. The predicted octanol–water partition coefficient (Wildman–Crippen LogP) is 21.3. The fourth-order valence-electron chi connectivity index (χ4n) is 10.2. The number of esters is 1. The van der Waals surface area contributed by atoms with Gasteiger partial charge in [0.25, 0.3) is 0 Å². The Labute approximate surface area is 467 Å². The highest BCUT2D eigenvalue weighted by molar-refractivity contribution is 5.76. The molecule has 0 radical (unpaired) electrons. The first-order chi connectivity index (χ1) is 37.0. The molecule has 440 valence electrons. The quantitative estimate of drug-likeness (QED) is 0.0320. The maximum Gasteiger partial charge on any atom is 0.305 e. The van der Waals surface area contributed by atoms with Crippen molar-refractivity contribution in [2.45, 2.75) is 366 Å². The van der Waals surface area contributed by atoms with Crippen molar-refractivity contribution in [1.29, 1.82) is 0 Å². The lowest BCUT2D eigenvalue weighted by molar-refractivity contribution is -0.143. The molecule has 2 atom stereocenters. The average molecular weight is 1050 g/mol. The minimum Gasteiger partial charge on any atom is -0.466 e. The number of nitrogens with one attached hydrogen (secondary N) is 1. The first-order valence-corrected chi connectivity index (χ1v) is 33.4. The van der Waals surface area contributed by atoms with E-state index in [-0.39, 0.29) is 18.5 Å². The Morgan fingerprint density at radius 2 is 0.667 bits per heavy atom. The molecule has 0 spiro atoms. The molecule has 2 unspecified atom stereocenters. The van der Waals surface area contributed by atoms with Crippen LogP contribution >= 0.6 is 0 Å². The molecule has 0 aromatic heterocycles. The van der Waals surface area contributed by atoms with Gasteiger partial charge in [-0.25, -0.2) is 0 Å². The van der Waals surface area contributed by atoms with E-state index in [4.69, 9.17) is 4.74 Å². The van der Waals surface area contributed by atoms with Crippen molar-refractivity contribution in [3.63, 3.8) is 0 Å². The molecule has 0 aromatic carbocycles. The van der Waals surface area contributed by atoms with Crippen LogP contribution in [0.25, 0.3) is 0 Å². The zero-order chi connectivity index (χ0) is 54.3. The average Bonchev–Trinajstić information content (AvgIpc) is 3.41. The van der Waals surface area contributed by atoms with Crippen LogP contribution in [0.4, 0.5) is 0 Å². The number of ether oxygens (including phenoxy) is 1. The summed E-state index contributed by atoms with van der Waals surface area (Å²) in [6, 6.07) is -0.627. The van der Waals surface area contributed by atoms with Gasteiger partial charge in [0, 0.05) is 12.8 Å². The van der Waals surface area contributed by atoms with E-state index in [1.807, 2.05) is 6.08 Å². The van der Waals surface area contributed by atoms with E-state index < -0.39 is 12.1 Å². The van der Waals surface area contributed by atoms with E-state index in [9.17, 15) is 19.8 Å². The Balaban J connectivity index is 3.40. The van der Waals surface area contributed by atoms with Gasteiger partial charge in [0.15, 0.2) is 0 Å². The van der Waals surface area contributed by atoms with Gasteiger partial charge in [-0.15, -0.1) is 0 Å². The summed E-state index contributed by atoms with van der Waals surface area (Å²) in [5.41, 5.74) is 0.